The normalized spacial score (nSPS) is 10.7. The van der Waals surface area contributed by atoms with Gasteiger partial charge in [0.2, 0.25) is 0 Å². The number of hydrogen-bond donors (Lipinski definition) is 2. The number of pyridine rings is 1. The number of phenolic OH excluding ortho intramolecular Hbond substituents is 1. The highest BCUT2D eigenvalue weighted by molar-refractivity contribution is 5.96. The van der Waals surface area contributed by atoms with E-state index in [0.29, 0.717) is 11.3 Å². The molecule has 0 bridgehead atoms. The zero-order valence-corrected chi connectivity index (χ0v) is 12.1. The Hall–Kier alpha value is -3.35. The number of phenols is 1. The minimum Gasteiger partial charge on any atom is -0.508 e. The molecule has 0 aliphatic rings. The molecule has 116 valence electrons. The summed E-state index contributed by atoms with van der Waals surface area (Å²) in [6.07, 6.45) is 0. The molecular formula is C16H12N2O5. The molecule has 0 amide bonds. The van der Waals surface area contributed by atoms with Crippen molar-refractivity contribution in [2.45, 2.75) is 0 Å². The van der Waals surface area contributed by atoms with Gasteiger partial charge in [-0.25, -0.2) is 0 Å². The molecule has 7 heteroatoms. The standard InChI is InChI=1S/C16H12N2O5/c1-23-11-6-7-12-13(8-11)16(20)17-14(15(12)18(21)22)9-2-4-10(19)5-3-9/h2-8,19H,1H3,(H,17,20). The molecule has 0 radical (unpaired) electrons. The molecule has 2 N–H and O–H groups in total. The summed E-state index contributed by atoms with van der Waals surface area (Å²) in [5.74, 6) is 0.471. The van der Waals surface area contributed by atoms with Crippen LogP contribution in [0, 0.1) is 10.1 Å². The van der Waals surface area contributed by atoms with E-state index in [1.165, 1.54) is 43.5 Å². The van der Waals surface area contributed by atoms with Crippen LogP contribution in [0.3, 0.4) is 0 Å². The van der Waals surface area contributed by atoms with Gasteiger partial charge in [0.15, 0.2) is 0 Å². The summed E-state index contributed by atoms with van der Waals surface area (Å²) in [6.45, 7) is 0. The molecule has 1 heterocycles. The summed E-state index contributed by atoms with van der Waals surface area (Å²) >= 11 is 0. The van der Waals surface area contributed by atoms with Crippen LogP contribution in [0.15, 0.2) is 47.3 Å². The van der Waals surface area contributed by atoms with Gasteiger partial charge in [0.1, 0.15) is 17.2 Å². The quantitative estimate of drug-likeness (QED) is 0.571. The Kier molecular flexibility index (Phi) is 3.46. The summed E-state index contributed by atoms with van der Waals surface area (Å²) in [7, 11) is 1.45. The van der Waals surface area contributed by atoms with Gasteiger partial charge in [-0.1, -0.05) is 0 Å². The maximum atomic E-state index is 12.3. The number of aromatic nitrogens is 1. The van der Waals surface area contributed by atoms with E-state index in [1.54, 1.807) is 6.07 Å². The molecule has 2 aromatic carbocycles. The SMILES string of the molecule is COc1ccc2c([N+](=O)[O-])c(-c3ccc(O)cc3)[nH]c(=O)c2c1. The van der Waals surface area contributed by atoms with E-state index < -0.39 is 10.5 Å². The molecule has 3 rings (SSSR count). The summed E-state index contributed by atoms with van der Waals surface area (Å²) < 4.78 is 5.06. The summed E-state index contributed by atoms with van der Waals surface area (Å²) in [4.78, 5) is 25.9. The molecule has 0 aliphatic heterocycles. The Morgan fingerprint density at radius 1 is 1.13 bits per heavy atom. The second-order valence-corrected chi connectivity index (χ2v) is 4.89. The fourth-order valence-corrected chi connectivity index (χ4v) is 2.45. The minimum absolute atomic E-state index is 0.0317. The number of ether oxygens (including phenoxy) is 1. The van der Waals surface area contributed by atoms with Crippen LogP contribution in [0.1, 0.15) is 0 Å². The molecule has 0 aliphatic carbocycles. The van der Waals surface area contributed by atoms with Gasteiger partial charge in [-0.15, -0.1) is 0 Å². The number of nitrogens with one attached hydrogen (secondary N) is 1. The van der Waals surface area contributed by atoms with Gasteiger partial charge in [0, 0.05) is 5.56 Å². The number of fused-ring (bicyclic) bond motifs is 1. The first-order valence-corrected chi connectivity index (χ1v) is 6.69. The first-order valence-electron chi connectivity index (χ1n) is 6.69. The van der Waals surface area contributed by atoms with Crippen LogP contribution < -0.4 is 10.3 Å². The highest BCUT2D eigenvalue weighted by Crippen LogP contribution is 2.34. The van der Waals surface area contributed by atoms with E-state index in [2.05, 4.69) is 4.98 Å². The second-order valence-electron chi connectivity index (χ2n) is 4.89. The number of aromatic amines is 1. The minimum atomic E-state index is -0.535. The lowest BCUT2D eigenvalue weighted by Crippen LogP contribution is -2.10. The van der Waals surface area contributed by atoms with Crippen LogP contribution in [0.5, 0.6) is 11.5 Å². The number of benzene rings is 2. The lowest BCUT2D eigenvalue weighted by Gasteiger charge is -2.08. The summed E-state index contributed by atoms with van der Waals surface area (Å²) in [5, 5.41) is 21.3. The number of nitro groups is 1. The fraction of sp³-hybridized carbons (Fsp3) is 0.0625. The van der Waals surface area contributed by atoms with Crippen LogP contribution >= 0.6 is 0 Å². The lowest BCUT2D eigenvalue weighted by molar-refractivity contribution is -0.382. The smallest absolute Gasteiger partial charge is 0.301 e. The van der Waals surface area contributed by atoms with Gasteiger partial charge in [0.05, 0.1) is 22.8 Å². The first-order chi connectivity index (χ1) is 11.0. The third-order valence-electron chi connectivity index (χ3n) is 3.54. The number of nitrogens with zero attached hydrogens (tertiary/aromatic N) is 1. The maximum absolute atomic E-state index is 12.3. The van der Waals surface area contributed by atoms with E-state index in [-0.39, 0.29) is 27.9 Å². The van der Waals surface area contributed by atoms with Gasteiger partial charge in [-0.05, 0) is 42.5 Å². The number of rotatable bonds is 3. The fourth-order valence-electron chi connectivity index (χ4n) is 2.45. The number of methoxy groups -OCH3 is 1. The largest absolute Gasteiger partial charge is 0.508 e. The molecule has 0 saturated carbocycles. The molecule has 0 atom stereocenters. The zero-order chi connectivity index (χ0) is 16.6. The molecule has 7 nitrogen and oxygen atoms in total. The van der Waals surface area contributed by atoms with Crippen LogP contribution in [0.25, 0.3) is 22.0 Å². The third-order valence-corrected chi connectivity index (χ3v) is 3.54. The van der Waals surface area contributed by atoms with Crippen molar-refractivity contribution in [2.24, 2.45) is 0 Å². The molecule has 1 aromatic heterocycles. The van der Waals surface area contributed by atoms with Crippen molar-refractivity contribution in [1.82, 2.24) is 4.98 Å². The monoisotopic (exact) mass is 312 g/mol. The van der Waals surface area contributed by atoms with Gasteiger partial charge < -0.3 is 14.8 Å². The van der Waals surface area contributed by atoms with Gasteiger partial charge >= 0.3 is 5.69 Å². The Balaban J connectivity index is 2.39. The Bertz CT molecular complexity index is 961. The Morgan fingerprint density at radius 3 is 2.43 bits per heavy atom. The average Bonchev–Trinajstić information content (AvgIpc) is 2.54. The Morgan fingerprint density at radius 2 is 1.83 bits per heavy atom. The lowest BCUT2D eigenvalue weighted by atomic mass is 10.0. The maximum Gasteiger partial charge on any atom is 0.301 e. The van der Waals surface area contributed by atoms with Crippen LogP contribution in [-0.4, -0.2) is 22.1 Å². The van der Waals surface area contributed by atoms with Crippen molar-refractivity contribution in [3.05, 3.63) is 62.9 Å². The Labute approximate surface area is 129 Å². The molecule has 0 spiro atoms. The van der Waals surface area contributed by atoms with Gasteiger partial charge in [-0.3, -0.25) is 14.9 Å². The number of H-pyrrole nitrogens is 1. The van der Waals surface area contributed by atoms with Gasteiger partial charge in [0.25, 0.3) is 5.56 Å². The third kappa shape index (κ3) is 2.48. The number of hydrogen-bond acceptors (Lipinski definition) is 5. The van der Waals surface area contributed by atoms with Crippen molar-refractivity contribution in [2.75, 3.05) is 7.11 Å². The topological polar surface area (TPSA) is 105 Å². The van der Waals surface area contributed by atoms with E-state index in [4.69, 9.17) is 4.74 Å². The van der Waals surface area contributed by atoms with Crippen LogP contribution in [-0.2, 0) is 0 Å². The predicted molar refractivity (Wildman–Crippen MR) is 84.9 cm³/mol. The summed E-state index contributed by atoms with van der Waals surface area (Å²) in [6, 6.07) is 10.3. The van der Waals surface area contributed by atoms with Crippen molar-refractivity contribution >= 4 is 16.5 Å². The van der Waals surface area contributed by atoms with Crippen molar-refractivity contribution in [1.29, 1.82) is 0 Å². The van der Waals surface area contributed by atoms with E-state index in [9.17, 15) is 20.0 Å². The predicted octanol–water partition coefficient (Wildman–Crippen LogP) is 2.82. The van der Waals surface area contributed by atoms with Crippen LogP contribution in [0.4, 0.5) is 5.69 Å². The molecule has 0 fully saturated rings. The number of aromatic hydroxyl groups is 1. The zero-order valence-electron chi connectivity index (χ0n) is 12.1. The van der Waals surface area contributed by atoms with Crippen molar-refractivity contribution in [3.8, 4) is 22.8 Å². The van der Waals surface area contributed by atoms with E-state index in [0.717, 1.165) is 0 Å². The van der Waals surface area contributed by atoms with E-state index in [1.807, 2.05) is 0 Å². The highest BCUT2D eigenvalue weighted by atomic mass is 16.6. The van der Waals surface area contributed by atoms with Crippen molar-refractivity contribution < 1.29 is 14.8 Å². The molecule has 23 heavy (non-hydrogen) atoms. The van der Waals surface area contributed by atoms with Gasteiger partial charge in [-0.2, -0.15) is 0 Å². The van der Waals surface area contributed by atoms with Crippen LogP contribution in [0.2, 0.25) is 0 Å². The second kappa shape index (κ2) is 5.45. The first kappa shape index (κ1) is 14.6. The molecule has 3 aromatic rings. The average molecular weight is 312 g/mol. The summed E-state index contributed by atoms with van der Waals surface area (Å²) in [5.41, 5.74) is -0.123. The molecule has 0 saturated heterocycles. The van der Waals surface area contributed by atoms with E-state index >= 15 is 0 Å². The molecular weight excluding hydrogens is 300 g/mol. The highest BCUT2D eigenvalue weighted by Gasteiger charge is 2.22. The molecule has 0 unspecified atom stereocenters. The van der Waals surface area contributed by atoms with Crippen molar-refractivity contribution in [3.63, 3.8) is 0 Å².